The fraction of sp³-hybridized carbons (Fsp3) is 0.533. The highest BCUT2D eigenvalue weighted by molar-refractivity contribution is 6.30. The number of carbonyl (C=O) groups is 4. The van der Waals surface area contributed by atoms with Crippen LogP contribution in [0.4, 0.5) is 5.69 Å². The molecule has 0 saturated carbocycles. The van der Waals surface area contributed by atoms with Crippen molar-refractivity contribution in [1.29, 1.82) is 0 Å². The quantitative estimate of drug-likeness (QED) is 0.268. The van der Waals surface area contributed by atoms with Crippen LogP contribution in [0.1, 0.15) is 39.5 Å². The lowest BCUT2D eigenvalue weighted by atomic mass is 9.70. The van der Waals surface area contributed by atoms with Crippen LogP contribution in [0, 0.1) is 11.8 Å². The van der Waals surface area contributed by atoms with Gasteiger partial charge in [-0.2, -0.15) is 0 Å². The number of esters is 1. The van der Waals surface area contributed by atoms with Crippen molar-refractivity contribution in [3.63, 3.8) is 0 Å². The van der Waals surface area contributed by atoms with Gasteiger partial charge in [0.1, 0.15) is 17.7 Å². The molecule has 1 aromatic rings. The van der Waals surface area contributed by atoms with Gasteiger partial charge in [0.15, 0.2) is 0 Å². The lowest BCUT2D eigenvalue weighted by Crippen LogP contribution is -2.58. The molecule has 3 fully saturated rings. The maximum absolute atomic E-state index is 14.3. The maximum Gasteiger partial charge on any atom is 0.312 e. The highest BCUT2D eigenvalue weighted by Gasteiger charge is 2.75. The van der Waals surface area contributed by atoms with Gasteiger partial charge >= 0.3 is 5.97 Å². The average Bonchev–Trinajstić information content (AvgIpc) is 3.60. The first kappa shape index (κ1) is 30.7. The number of likely N-dealkylation sites (tertiary alicyclic amines) is 1. The predicted octanol–water partition coefficient (Wildman–Crippen LogP) is 2.63. The zero-order chi connectivity index (χ0) is 29.9. The average molecular weight is 588 g/mol. The van der Waals surface area contributed by atoms with E-state index in [9.17, 15) is 24.3 Å². The Bertz CT molecular complexity index is 1190. The van der Waals surface area contributed by atoms with E-state index in [2.05, 4.69) is 18.5 Å². The number of amides is 3. The number of carbonyl (C=O) groups excluding carboxylic acids is 4. The number of ether oxygens (including phenoxy) is 2. The smallest absolute Gasteiger partial charge is 0.312 e. The van der Waals surface area contributed by atoms with E-state index in [1.54, 1.807) is 50.3 Å². The molecule has 11 heteroatoms. The van der Waals surface area contributed by atoms with Crippen LogP contribution in [0.2, 0.25) is 5.02 Å². The number of fused-ring (bicyclic) bond motifs is 1. The Morgan fingerprint density at radius 2 is 1.98 bits per heavy atom. The molecule has 3 heterocycles. The number of benzene rings is 1. The summed E-state index contributed by atoms with van der Waals surface area (Å²) in [7, 11) is 0. The molecule has 41 heavy (non-hydrogen) atoms. The normalized spacial score (nSPS) is 27.6. The van der Waals surface area contributed by atoms with Crippen molar-refractivity contribution in [2.24, 2.45) is 11.8 Å². The summed E-state index contributed by atoms with van der Waals surface area (Å²) in [5, 5.41) is 13.3. The van der Waals surface area contributed by atoms with Gasteiger partial charge in [0.2, 0.25) is 11.8 Å². The first-order chi connectivity index (χ1) is 19.6. The van der Waals surface area contributed by atoms with Gasteiger partial charge in [0.05, 0.1) is 37.1 Å². The molecule has 10 nitrogen and oxygen atoms in total. The number of hydrogen-bond donors (Lipinski definition) is 2. The first-order valence-electron chi connectivity index (χ1n) is 14.0. The van der Waals surface area contributed by atoms with E-state index in [0.717, 1.165) is 0 Å². The van der Waals surface area contributed by atoms with Crippen molar-refractivity contribution in [2.45, 2.75) is 69.4 Å². The summed E-state index contributed by atoms with van der Waals surface area (Å²) in [6.07, 6.45) is 3.72. The second-order valence-corrected chi connectivity index (χ2v) is 11.4. The van der Waals surface area contributed by atoms with Gasteiger partial charge < -0.3 is 29.7 Å². The van der Waals surface area contributed by atoms with E-state index in [1.165, 1.54) is 9.80 Å². The van der Waals surface area contributed by atoms with E-state index in [4.69, 9.17) is 21.1 Å². The fourth-order valence-electron chi connectivity index (χ4n) is 6.32. The number of anilines is 1. The third-order valence-electron chi connectivity index (χ3n) is 8.18. The standard InChI is InChI=1S/C30H38ClN3O7/c1-5-7-8-23(36)32-16-19(4)40-29(39)24-22-13-14-30(41-22)25(24)27(37)34(18(3)17-35)26(30)28(38)33(15-6-2)21-11-9-20(31)10-12-21/h5-6,9-12,18-19,22,24-26,35H,1-2,7-8,13-17H2,3-4H3,(H,32,36)/t18-,19-,22-,24+,25+,26-,30+/m1/s1. The Kier molecular flexibility index (Phi) is 9.56. The van der Waals surface area contributed by atoms with Crippen molar-refractivity contribution in [3.05, 3.63) is 54.6 Å². The van der Waals surface area contributed by atoms with E-state index in [0.29, 0.717) is 30.0 Å². The molecule has 222 valence electrons. The molecule has 3 amide bonds. The molecule has 1 spiro atoms. The van der Waals surface area contributed by atoms with Crippen LogP contribution in [0.3, 0.4) is 0 Å². The Morgan fingerprint density at radius 3 is 2.61 bits per heavy atom. The second kappa shape index (κ2) is 12.8. The van der Waals surface area contributed by atoms with Crippen molar-refractivity contribution < 1.29 is 33.8 Å². The Hall–Kier alpha value is -3.21. The molecule has 1 aromatic carbocycles. The largest absolute Gasteiger partial charge is 0.460 e. The molecule has 3 aliphatic rings. The number of allylic oxidation sites excluding steroid dienone is 1. The maximum atomic E-state index is 14.3. The number of aliphatic hydroxyl groups is 1. The number of halogens is 1. The number of aliphatic hydroxyl groups excluding tert-OH is 1. The lowest BCUT2D eigenvalue weighted by molar-refractivity contribution is -0.159. The third kappa shape index (κ3) is 5.78. The summed E-state index contributed by atoms with van der Waals surface area (Å²) in [5.41, 5.74) is -0.685. The number of nitrogens with one attached hydrogen (secondary N) is 1. The van der Waals surface area contributed by atoms with Crippen LogP contribution < -0.4 is 10.2 Å². The third-order valence-corrected chi connectivity index (χ3v) is 8.43. The van der Waals surface area contributed by atoms with Crippen LogP contribution in [-0.4, -0.2) is 83.3 Å². The molecule has 3 saturated heterocycles. The van der Waals surface area contributed by atoms with Gasteiger partial charge in [-0.3, -0.25) is 19.2 Å². The zero-order valence-electron chi connectivity index (χ0n) is 23.5. The summed E-state index contributed by atoms with van der Waals surface area (Å²) >= 11 is 6.07. The topological polar surface area (TPSA) is 125 Å². The second-order valence-electron chi connectivity index (χ2n) is 10.9. The Balaban J connectivity index is 1.60. The van der Waals surface area contributed by atoms with Crippen LogP contribution in [0.15, 0.2) is 49.6 Å². The van der Waals surface area contributed by atoms with Gasteiger partial charge in [-0.25, -0.2) is 0 Å². The minimum Gasteiger partial charge on any atom is -0.460 e. The Labute approximate surface area is 245 Å². The minimum atomic E-state index is -1.25. The van der Waals surface area contributed by atoms with Crippen molar-refractivity contribution in [3.8, 4) is 0 Å². The highest BCUT2D eigenvalue weighted by Crippen LogP contribution is 2.59. The number of hydrogen-bond acceptors (Lipinski definition) is 7. The van der Waals surface area contributed by atoms with Crippen LogP contribution in [-0.2, 0) is 28.7 Å². The van der Waals surface area contributed by atoms with Crippen molar-refractivity contribution >= 4 is 41.0 Å². The molecule has 0 radical (unpaired) electrons. The Morgan fingerprint density at radius 1 is 1.27 bits per heavy atom. The summed E-state index contributed by atoms with van der Waals surface area (Å²) in [5.74, 6) is -3.46. The van der Waals surface area contributed by atoms with E-state index in [1.807, 2.05) is 0 Å². The van der Waals surface area contributed by atoms with E-state index in [-0.39, 0.29) is 32.0 Å². The molecular formula is C30H38ClN3O7. The van der Waals surface area contributed by atoms with Crippen LogP contribution >= 0.6 is 11.6 Å². The summed E-state index contributed by atoms with van der Waals surface area (Å²) in [6.45, 7) is 10.6. The molecular weight excluding hydrogens is 550 g/mol. The SMILES string of the molecule is C=CCCC(=O)NC[C@@H](C)OC(=O)[C@@H]1[C@H]2C(=O)N([C@H](C)CO)[C@H](C(=O)N(CC=C)c3ccc(Cl)cc3)[C@]23CC[C@H]1O3. The van der Waals surface area contributed by atoms with Gasteiger partial charge in [-0.05, 0) is 57.4 Å². The summed E-state index contributed by atoms with van der Waals surface area (Å²) < 4.78 is 12.1. The molecule has 3 aliphatic heterocycles. The molecule has 2 N–H and O–H groups in total. The molecule has 0 aliphatic carbocycles. The molecule has 2 bridgehead atoms. The molecule has 0 unspecified atom stereocenters. The minimum absolute atomic E-state index is 0.121. The van der Waals surface area contributed by atoms with Crippen LogP contribution in [0.5, 0.6) is 0 Å². The monoisotopic (exact) mass is 587 g/mol. The van der Waals surface area contributed by atoms with E-state index < -0.39 is 59.5 Å². The summed E-state index contributed by atoms with van der Waals surface area (Å²) in [4.78, 5) is 56.7. The lowest BCUT2D eigenvalue weighted by Gasteiger charge is -2.38. The van der Waals surface area contributed by atoms with Gasteiger partial charge in [0, 0.05) is 23.7 Å². The molecule has 4 rings (SSSR count). The van der Waals surface area contributed by atoms with E-state index >= 15 is 0 Å². The fourth-order valence-corrected chi connectivity index (χ4v) is 6.44. The van der Waals surface area contributed by atoms with Crippen LogP contribution in [0.25, 0.3) is 0 Å². The number of rotatable bonds is 13. The molecule has 7 atom stereocenters. The van der Waals surface area contributed by atoms with Gasteiger partial charge in [-0.1, -0.05) is 23.8 Å². The van der Waals surface area contributed by atoms with Gasteiger partial charge in [-0.15, -0.1) is 13.2 Å². The zero-order valence-corrected chi connectivity index (χ0v) is 24.2. The predicted molar refractivity (Wildman–Crippen MR) is 153 cm³/mol. The first-order valence-corrected chi connectivity index (χ1v) is 14.3. The summed E-state index contributed by atoms with van der Waals surface area (Å²) in [6, 6.07) is 4.99. The van der Waals surface area contributed by atoms with Crippen molar-refractivity contribution in [1.82, 2.24) is 10.2 Å². The number of nitrogens with zero attached hydrogens (tertiary/aromatic N) is 2. The van der Waals surface area contributed by atoms with Gasteiger partial charge in [0.25, 0.3) is 5.91 Å². The molecule has 0 aromatic heterocycles. The highest BCUT2D eigenvalue weighted by atomic mass is 35.5. The van der Waals surface area contributed by atoms with Crippen molar-refractivity contribution in [2.75, 3.05) is 24.6 Å².